The zero-order valence-corrected chi connectivity index (χ0v) is 18.6. The maximum Gasteiger partial charge on any atom is 0.224 e. The van der Waals surface area contributed by atoms with Crippen LogP contribution in [0.5, 0.6) is 0 Å². The van der Waals surface area contributed by atoms with Gasteiger partial charge in [-0.05, 0) is 76.3 Å². The minimum absolute atomic E-state index is 0.00834. The van der Waals surface area contributed by atoms with Crippen molar-refractivity contribution in [1.82, 2.24) is 15.5 Å². The number of hydrogen-bond acceptors (Lipinski definition) is 5. The average Bonchev–Trinajstić information content (AvgIpc) is 2.75. The fourth-order valence-corrected chi connectivity index (χ4v) is 3.69. The molecular formula is C24H34N4O2. The molecule has 1 aromatic heterocycles. The number of benzene rings is 1. The van der Waals surface area contributed by atoms with Crippen LogP contribution in [-0.4, -0.2) is 48.4 Å². The zero-order valence-electron chi connectivity index (χ0n) is 18.6. The molecule has 1 unspecified atom stereocenters. The number of anilines is 1. The molecule has 0 saturated carbocycles. The predicted molar refractivity (Wildman–Crippen MR) is 121 cm³/mol. The largest absolute Gasteiger partial charge is 0.379 e. The maximum atomic E-state index is 12.6. The number of nitrogens with one attached hydrogen (secondary N) is 1. The van der Waals surface area contributed by atoms with Crippen LogP contribution in [0.15, 0.2) is 30.3 Å². The van der Waals surface area contributed by atoms with Gasteiger partial charge in [0.1, 0.15) is 0 Å². The van der Waals surface area contributed by atoms with Gasteiger partial charge >= 0.3 is 0 Å². The topological polar surface area (TPSA) is 67.4 Å². The summed E-state index contributed by atoms with van der Waals surface area (Å²) in [5.41, 5.74) is 4.47. The molecular weight excluding hydrogens is 376 g/mol. The van der Waals surface area contributed by atoms with Crippen LogP contribution >= 0.6 is 0 Å². The van der Waals surface area contributed by atoms with Crippen LogP contribution in [-0.2, 0) is 9.53 Å². The third-order valence-electron chi connectivity index (χ3n) is 5.64. The summed E-state index contributed by atoms with van der Waals surface area (Å²) in [5, 5.41) is 12.0. The van der Waals surface area contributed by atoms with Crippen LogP contribution in [0, 0.1) is 19.8 Å². The quantitative estimate of drug-likeness (QED) is 0.669. The van der Waals surface area contributed by atoms with E-state index < -0.39 is 0 Å². The third kappa shape index (κ3) is 6.02. The number of rotatable bonds is 8. The molecule has 2 heterocycles. The van der Waals surface area contributed by atoms with Gasteiger partial charge in [0.15, 0.2) is 5.82 Å². The Hall–Kier alpha value is -2.47. The van der Waals surface area contributed by atoms with Gasteiger partial charge in [-0.15, -0.1) is 10.2 Å². The standard InChI is InChI=1S/C24H34N4O2/c1-17(2)30-14-6-12-25-24(29)21-7-5-13-28(16-21)23-11-10-22(26-27-23)20-9-8-18(3)19(4)15-20/h8-11,15,17,21H,5-7,12-14,16H2,1-4H3,(H,25,29). The highest BCUT2D eigenvalue weighted by atomic mass is 16.5. The minimum atomic E-state index is -0.00834. The molecule has 6 heteroatoms. The van der Waals surface area contributed by atoms with Crippen LogP contribution < -0.4 is 10.2 Å². The molecule has 1 saturated heterocycles. The zero-order chi connectivity index (χ0) is 21.5. The number of carbonyl (C=O) groups is 1. The number of nitrogens with zero attached hydrogens (tertiary/aromatic N) is 3. The molecule has 1 fully saturated rings. The molecule has 1 aromatic carbocycles. The van der Waals surface area contributed by atoms with Crippen molar-refractivity contribution in [2.24, 2.45) is 5.92 Å². The lowest BCUT2D eigenvalue weighted by Gasteiger charge is -2.32. The van der Waals surface area contributed by atoms with Crippen molar-refractivity contribution in [2.45, 2.75) is 53.1 Å². The third-order valence-corrected chi connectivity index (χ3v) is 5.64. The van der Waals surface area contributed by atoms with E-state index in [4.69, 9.17) is 4.74 Å². The Labute approximate surface area is 180 Å². The van der Waals surface area contributed by atoms with E-state index in [-0.39, 0.29) is 17.9 Å². The van der Waals surface area contributed by atoms with E-state index in [0.717, 1.165) is 42.9 Å². The summed E-state index contributed by atoms with van der Waals surface area (Å²) >= 11 is 0. The molecule has 1 N–H and O–H groups in total. The molecule has 162 valence electrons. The molecule has 3 rings (SSSR count). The molecule has 6 nitrogen and oxygen atoms in total. The van der Waals surface area contributed by atoms with Gasteiger partial charge in [-0.1, -0.05) is 12.1 Å². The normalized spacial score (nSPS) is 16.7. The molecule has 1 aliphatic heterocycles. The predicted octanol–water partition coefficient (Wildman–Crippen LogP) is 3.91. The van der Waals surface area contributed by atoms with Gasteiger partial charge < -0.3 is 15.0 Å². The van der Waals surface area contributed by atoms with Gasteiger partial charge in [0.25, 0.3) is 0 Å². The molecule has 2 aromatic rings. The van der Waals surface area contributed by atoms with E-state index in [9.17, 15) is 4.79 Å². The van der Waals surface area contributed by atoms with Crippen molar-refractivity contribution < 1.29 is 9.53 Å². The van der Waals surface area contributed by atoms with Crippen LogP contribution in [0.3, 0.4) is 0 Å². The van der Waals surface area contributed by atoms with E-state index in [1.807, 2.05) is 26.0 Å². The SMILES string of the molecule is Cc1ccc(-c2ccc(N3CCCC(C(=O)NCCCOC(C)C)C3)nn2)cc1C. The summed E-state index contributed by atoms with van der Waals surface area (Å²) < 4.78 is 5.52. The van der Waals surface area contributed by atoms with Crippen molar-refractivity contribution in [2.75, 3.05) is 31.1 Å². The fraction of sp³-hybridized carbons (Fsp3) is 0.542. The van der Waals surface area contributed by atoms with Crippen molar-refractivity contribution in [3.63, 3.8) is 0 Å². The van der Waals surface area contributed by atoms with Gasteiger partial charge in [-0.25, -0.2) is 0 Å². The van der Waals surface area contributed by atoms with Gasteiger partial charge in [0, 0.05) is 31.8 Å². The molecule has 30 heavy (non-hydrogen) atoms. The monoisotopic (exact) mass is 410 g/mol. The first-order valence-electron chi connectivity index (χ1n) is 11.0. The van der Waals surface area contributed by atoms with Crippen LogP contribution in [0.4, 0.5) is 5.82 Å². The van der Waals surface area contributed by atoms with Crippen LogP contribution in [0.1, 0.15) is 44.2 Å². The summed E-state index contributed by atoms with van der Waals surface area (Å²) in [7, 11) is 0. The Morgan fingerprint density at radius 2 is 2.03 bits per heavy atom. The first kappa shape index (κ1) is 22.2. The lowest BCUT2D eigenvalue weighted by atomic mass is 9.97. The highest BCUT2D eigenvalue weighted by Gasteiger charge is 2.26. The number of amides is 1. The van der Waals surface area contributed by atoms with Crippen LogP contribution in [0.2, 0.25) is 0 Å². The summed E-state index contributed by atoms with van der Waals surface area (Å²) in [6.07, 6.45) is 2.97. The van der Waals surface area contributed by atoms with Crippen molar-refractivity contribution in [1.29, 1.82) is 0 Å². The van der Waals surface area contributed by atoms with E-state index >= 15 is 0 Å². The Balaban J connectivity index is 1.54. The number of ether oxygens (including phenoxy) is 1. The van der Waals surface area contributed by atoms with Gasteiger partial charge in [0.05, 0.1) is 17.7 Å². The van der Waals surface area contributed by atoms with E-state index in [1.165, 1.54) is 11.1 Å². The van der Waals surface area contributed by atoms with E-state index in [2.05, 4.69) is 52.5 Å². The molecule has 0 spiro atoms. The number of piperidine rings is 1. The Morgan fingerprint density at radius 3 is 2.73 bits per heavy atom. The number of carbonyl (C=O) groups excluding carboxylic acids is 1. The summed E-state index contributed by atoms with van der Waals surface area (Å²) in [6, 6.07) is 10.4. The minimum Gasteiger partial charge on any atom is -0.379 e. The first-order chi connectivity index (χ1) is 14.4. The van der Waals surface area contributed by atoms with E-state index in [1.54, 1.807) is 0 Å². The lowest BCUT2D eigenvalue weighted by Crippen LogP contribution is -2.43. The smallest absolute Gasteiger partial charge is 0.224 e. The molecule has 0 aliphatic carbocycles. The van der Waals surface area contributed by atoms with Crippen LogP contribution in [0.25, 0.3) is 11.3 Å². The second kappa shape index (κ2) is 10.5. The molecule has 0 bridgehead atoms. The van der Waals surface area contributed by atoms with Crippen molar-refractivity contribution in [3.8, 4) is 11.3 Å². The molecule has 1 atom stereocenters. The van der Waals surface area contributed by atoms with Crippen molar-refractivity contribution in [3.05, 3.63) is 41.5 Å². The average molecular weight is 411 g/mol. The Kier molecular flexibility index (Phi) is 7.80. The second-order valence-corrected chi connectivity index (χ2v) is 8.43. The highest BCUT2D eigenvalue weighted by molar-refractivity contribution is 5.79. The number of aromatic nitrogens is 2. The summed E-state index contributed by atoms with van der Waals surface area (Å²) in [5.74, 6) is 0.959. The number of aryl methyl sites for hydroxylation is 2. The van der Waals surface area contributed by atoms with Gasteiger partial charge in [0.2, 0.25) is 5.91 Å². The summed E-state index contributed by atoms with van der Waals surface area (Å²) in [6.45, 7) is 11.2. The first-order valence-corrected chi connectivity index (χ1v) is 11.0. The van der Waals surface area contributed by atoms with Gasteiger partial charge in [-0.3, -0.25) is 4.79 Å². The van der Waals surface area contributed by atoms with Crippen molar-refractivity contribution >= 4 is 11.7 Å². The fourth-order valence-electron chi connectivity index (χ4n) is 3.69. The molecule has 0 radical (unpaired) electrons. The van der Waals surface area contributed by atoms with Gasteiger partial charge in [-0.2, -0.15) is 0 Å². The van der Waals surface area contributed by atoms with E-state index in [0.29, 0.717) is 19.7 Å². The number of hydrogen-bond donors (Lipinski definition) is 1. The maximum absolute atomic E-state index is 12.6. The second-order valence-electron chi connectivity index (χ2n) is 8.43. The Bertz CT molecular complexity index is 836. The highest BCUT2D eigenvalue weighted by Crippen LogP contribution is 2.24. The lowest BCUT2D eigenvalue weighted by molar-refractivity contribution is -0.125. The molecule has 1 amide bonds. The molecule has 1 aliphatic rings. The summed E-state index contributed by atoms with van der Waals surface area (Å²) in [4.78, 5) is 14.7. The Morgan fingerprint density at radius 1 is 1.20 bits per heavy atom.